The van der Waals surface area contributed by atoms with Gasteiger partial charge in [0.25, 0.3) is 0 Å². The molecule has 3 N–H and O–H groups in total. The lowest BCUT2D eigenvalue weighted by Crippen LogP contribution is -2.50. The third-order valence-corrected chi connectivity index (χ3v) is 4.16. The highest BCUT2D eigenvalue weighted by atomic mass is 19.1. The molecule has 4 rings (SSSR count). The molecule has 0 aliphatic carbocycles. The lowest BCUT2D eigenvalue weighted by atomic mass is 10.1. The minimum atomic E-state index is -0.624. The van der Waals surface area contributed by atoms with Crippen LogP contribution in [0.25, 0.3) is 22.5 Å². The van der Waals surface area contributed by atoms with E-state index in [0.717, 1.165) is 22.5 Å². The van der Waals surface area contributed by atoms with E-state index >= 15 is 0 Å². The summed E-state index contributed by atoms with van der Waals surface area (Å²) in [5.74, 6) is 0.256. The van der Waals surface area contributed by atoms with E-state index in [9.17, 15) is 4.39 Å². The van der Waals surface area contributed by atoms with Gasteiger partial charge in [-0.3, -0.25) is 4.98 Å². The van der Waals surface area contributed by atoms with Gasteiger partial charge in [-0.2, -0.15) is 0 Å². The van der Waals surface area contributed by atoms with Crippen molar-refractivity contribution in [1.29, 1.82) is 0 Å². The number of nitrogens with one attached hydrogen (secondary N) is 1. The molecule has 0 spiro atoms. The first kappa shape index (κ1) is 16.8. The molecule has 1 fully saturated rings. The Hall–Kier alpha value is -2.61. The number of aromatic amines is 1. The van der Waals surface area contributed by atoms with Crippen LogP contribution in [0.15, 0.2) is 48.8 Å². The topological polar surface area (TPSA) is 86.0 Å². The minimum Gasteiger partial charge on any atom is -0.344 e. The van der Waals surface area contributed by atoms with Crippen LogP contribution in [0.1, 0.15) is 19.0 Å². The van der Waals surface area contributed by atoms with Crippen LogP contribution in [0.5, 0.6) is 0 Å². The number of aromatic nitrogens is 3. The van der Waals surface area contributed by atoms with Gasteiger partial charge in [-0.15, -0.1) is 0 Å². The summed E-state index contributed by atoms with van der Waals surface area (Å²) in [4.78, 5) is 12.0. The molecule has 7 heteroatoms. The van der Waals surface area contributed by atoms with Crippen LogP contribution in [0.2, 0.25) is 0 Å². The molecule has 2 aromatic heterocycles. The van der Waals surface area contributed by atoms with E-state index in [4.69, 9.17) is 15.2 Å². The summed E-state index contributed by atoms with van der Waals surface area (Å²) in [6, 6.07) is 9.98. The van der Waals surface area contributed by atoms with Crippen molar-refractivity contribution < 1.29 is 13.9 Å². The molecule has 1 aromatic carbocycles. The average molecular weight is 354 g/mol. The summed E-state index contributed by atoms with van der Waals surface area (Å²) in [5.41, 5.74) is 8.70. The quantitative estimate of drug-likeness (QED) is 0.755. The molecular weight excluding hydrogens is 335 g/mol. The second kappa shape index (κ2) is 6.60. The first-order chi connectivity index (χ1) is 12.5. The SMILES string of the molecule is CC1(N)COC(c2nc(-c3ccncc3)c(-c3ccc(F)cc3)[nH]2)OC1. The summed E-state index contributed by atoms with van der Waals surface area (Å²) in [5, 5.41) is 0. The van der Waals surface area contributed by atoms with Crippen molar-refractivity contribution >= 4 is 0 Å². The Kier molecular flexibility index (Phi) is 4.28. The van der Waals surface area contributed by atoms with Gasteiger partial charge in [-0.05, 0) is 43.3 Å². The predicted octanol–water partition coefficient (Wildman–Crippen LogP) is 3.04. The monoisotopic (exact) mass is 354 g/mol. The van der Waals surface area contributed by atoms with Gasteiger partial charge in [-0.1, -0.05) is 0 Å². The minimum absolute atomic E-state index is 0.292. The number of hydrogen-bond acceptors (Lipinski definition) is 5. The lowest BCUT2D eigenvalue weighted by Gasteiger charge is -2.33. The number of benzene rings is 1. The zero-order valence-corrected chi connectivity index (χ0v) is 14.3. The third-order valence-electron chi connectivity index (χ3n) is 4.16. The summed E-state index contributed by atoms with van der Waals surface area (Å²) < 4.78 is 24.8. The first-order valence-corrected chi connectivity index (χ1v) is 8.30. The Balaban J connectivity index is 1.74. The molecule has 0 unspecified atom stereocenters. The fourth-order valence-electron chi connectivity index (χ4n) is 2.83. The second-order valence-electron chi connectivity index (χ2n) is 6.70. The summed E-state index contributed by atoms with van der Waals surface area (Å²) in [6.45, 7) is 2.61. The molecule has 3 heterocycles. The van der Waals surface area contributed by atoms with Gasteiger partial charge in [0, 0.05) is 23.5 Å². The van der Waals surface area contributed by atoms with Crippen LogP contribution in [0.4, 0.5) is 4.39 Å². The maximum atomic E-state index is 13.3. The van der Waals surface area contributed by atoms with Crippen molar-refractivity contribution in [3.05, 3.63) is 60.4 Å². The highest BCUT2D eigenvalue weighted by molar-refractivity contribution is 5.78. The van der Waals surface area contributed by atoms with E-state index in [0.29, 0.717) is 19.0 Å². The molecule has 0 amide bonds. The van der Waals surface area contributed by atoms with Gasteiger partial charge < -0.3 is 20.2 Å². The molecule has 0 atom stereocenters. The number of nitrogens with zero attached hydrogens (tertiary/aromatic N) is 2. The Bertz CT molecular complexity index is 884. The zero-order chi connectivity index (χ0) is 18.1. The van der Waals surface area contributed by atoms with Crippen molar-refractivity contribution in [2.75, 3.05) is 13.2 Å². The van der Waals surface area contributed by atoms with Gasteiger partial charge in [0.05, 0.1) is 30.1 Å². The largest absolute Gasteiger partial charge is 0.344 e. The third kappa shape index (κ3) is 3.37. The number of ether oxygens (including phenoxy) is 2. The summed E-state index contributed by atoms with van der Waals surface area (Å²) in [6.07, 6.45) is 2.78. The zero-order valence-electron chi connectivity index (χ0n) is 14.3. The van der Waals surface area contributed by atoms with E-state index in [1.165, 1.54) is 12.1 Å². The molecule has 0 bridgehead atoms. The van der Waals surface area contributed by atoms with Gasteiger partial charge in [-0.25, -0.2) is 9.37 Å². The van der Waals surface area contributed by atoms with Gasteiger partial charge in [0.2, 0.25) is 6.29 Å². The molecule has 6 nitrogen and oxygen atoms in total. The molecule has 26 heavy (non-hydrogen) atoms. The molecule has 134 valence electrons. The van der Waals surface area contributed by atoms with Crippen molar-refractivity contribution in [3.63, 3.8) is 0 Å². The Labute approximate surface area is 150 Å². The predicted molar refractivity (Wildman–Crippen MR) is 94.5 cm³/mol. The van der Waals surface area contributed by atoms with Gasteiger partial charge in [0.15, 0.2) is 5.82 Å². The highest BCUT2D eigenvalue weighted by Gasteiger charge is 2.32. The number of nitrogens with two attached hydrogens (primary N) is 1. The second-order valence-corrected chi connectivity index (χ2v) is 6.70. The van der Waals surface area contributed by atoms with Crippen LogP contribution in [-0.2, 0) is 9.47 Å². The molecule has 1 aliphatic rings. The molecule has 1 aliphatic heterocycles. The van der Waals surface area contributed by atoms with Gasteiger partial charge >= 0.3 is 0 Å². The molecule has 1 saturated heterocycles. The molecule has 0 saturated carbocycles. The number of pyridine rings is 1. The lowest BCUT2D eigenvalue weighted by molar-refractivity contribution is -0.211. The van der Waals surface area contributed by atoms with Crippen molar-refractivity contribution in [1.82, 2.24) is 15.0 Å². The number of rotatable bonds is 3. The number of halogens is 1. The average Bonchev–Trinajstić information content (AvgIpc) is 3.08. The van der Waals surface area contributed by atoms with Crippen molar-refractivity contribution in [3.8, 4) is 22.5 Å². The maximum absolute atomic E-state index is 13.3. The normalized spacial score (nSPS) is 23.1. The summed E-state index contributed by atoms with van der Waals surface area (Å²) >= 11 is 0. The fraction of sp³-hybridized carbons (Fsp3) is 0.263. The molecular formula is C19H19FN4O2. The van der Waals surface area contributed by atoms with Crippen LogP contribution < -0.4 is 5.73 Å². The molecule has 0 radical (unpaired) electrons. The van der Waals surface area contributed by atoms with E-state index in [2.05, 4.69) is 15.0 Å². The van der Waals surface area contributed by atoms with Crippen LogP contribution in [0, 0.1) is 5.82 Å². The first-order valence-electron chi connectivity index (χ1n) is 8.30. The fourth-order valence-corrected chi connectivity index (χ4v) is 2.83. The van der Waals surface area contributed by atoms with Crippen LogP contribution in [-0.4, -0.2) is 33.7 Å². The van der Waals surface area contributed by atoms with Crippen LogP contribution >= 0.6 is 0 Å². The standard InChI is InChI=1S/C19H19FN4O2/c1-19(21)10-25-18(26-11-19)17-23-15(12-2-4-14(20)5-3-12)16(24-17)13-6-8-22-9-7-13/h2-9,18H,10-11,21H2,1H3,(H,23,24). The Morgan fingerprint density at radius 2 is 1.73 bits per heavy atom. The summed E-state index contributed by atoms with van der Waals surface area (Å²) in [7, 11) is 0. The highest BCUT2D eigenvalue weighted by Crippen LogP contribution is 2.33. The van der Waals surface area contributed by atoms with Crippen LogP contribution in [0.3, 0.4) is 0 Å². The Morgan fingerprint density at radius 1 is 1.08 bits per heavy atom. The van der Waals surface area contributed by atoms with Gasteiger partial charge in [0.1, 0.15) is 5.82 Å². The van der Waals surface area contributed by atoms with E-state index in [1.54, 1.807) is 24.5 Å². The van der Waals surface area contributed by atoms with Crippen molar-refractivity contribution in [2.45, 2.75) is 18.8 Å². The van der Waals surface area contributed by atoms with E-state index in [1.807, 2.05) is 19.1 Å². The number of imidazole rings is 1. The Morgan fingerprint density at radius 3 is 2.38 bits per heavy atom. The van der Waals surface area contributed by atoms with Crippen molar-refractivity contribution in [2.24, 2.45) is 5.73 Å². The van der Waals surface area contributed by atoms with E-state index in [-0.39, 0.29) is 5.82 Å². The van der Waals surface area contributed by atoms with E-state index < -0.39 is 11.8 Å². The number of H-pyrrole nitrogens is 1. The number of hydrogen-bond donors (Lipinski definition) is 2. The molecule has 3 aromatic rings. The maximum Gasteiger partial charge on any atom is 0.217 e. The smallest absolute Gasteiger partial charge is 0.217 e.